The fraction of sp³-hybridized carbons (Fsp3) is 0.333. The Kier molecular flexibility index (Phi) is 5.29. The molecule has 0 amide bonds. The molecule has 0 saturated heterocycles. The van der Waals surface area contributed by atoms with Crippen LogP contribution < -0.4 is 10.2 Å². The minimum Gasteiger partial charge on any atom is -0.350 e. The maximum Gasteiger partial charge on any atom is 0.160 e. The third-order valence-electron chi connectivity index (χ3n) is 5.41. The number of nitrogens with zero attached hydrogens (tertiary/aromatic N) is 3. The highest BCUT2D eigenvalue weighted by Gasteiger charge is 2.24. The van der Waals surface area contributed by atoms with Gasteiger partial charge in [-0.25, -0.2) is 9.97 Å². The molecule has 4 nitrogen and oxygen atoms in total. The lowest BCUT2D eigenvalue weighted by Gasteiger charge is -2.33. The van der Waals surface area contributed by atoms with Gasteiger partial charge >= 0.3 is 0 Å². The van der Waals surface area contributed by atoms with E-state index in [1.165, 1.54) is 27.9 Å². The molecule has 0 saturated carbocycles. The van der Waals surface area contributed by atoms with Crippen LogP contribution in [0.1, 0.15) is 42.0 Å². The molecule has 0 spiro atoms. The number of aryl methyl sites for hydroxylation is 4. The van der Waals surface area contributed by atoms with Crippen molar-refractivity contribution in [2.75, 3.05) is 16.8 Å². The zero-order valence-corrected chi connectivity index (χ0v) is 17.0. The number of nitrogens with one attached hydrogen (secondary N) is 1. The summed E-state index contributed by atoms with van der Waals surface area (Å²) in [6.07, 6.45) is 7.90. The predicted molar refractivity (Wildman–Crippen MR) is 117 cm³/mol. The summed E-state index contributed by atoms with van der Waals surface area (Å²) in [5.41, 5.74) is 8.84. The van der Waals surface area contributed by atoms with Crippen molar-refractivity contribution in [3.05, 3.63) is 71.2 Å². The summed E-state index contributed by atoms with van der Waals surface area (Å²) in [6, 6.07) is 13.4. The van der Waals surface area contributed by atoms with Gasteiger partial charge in [-0.05, 0) is 61.9 Å². The number of rotatable bonds is 6. The molecule has 0 bridgehead atoms. The number of fused-ring (bicyclic) bond motifs is 2. The second-order valence-electron chi connectivity index (χ2n) is 7.68. The second kappa shape index (κ2) is 8.01. The predicted octanol–water partition coefficient (Wildman–Crippen LogP) is 5.87. The Morgan fingerprint density at radius 2 is 1.93 bits per heavy atom. The number of benzene rings is 2. The van der Waals surface area contributed by atoms with Crippen LogP contribution in [0.3, 0.4) is 0 Å². The molecular formula is C24H28N4. The molecule has 28 heavy (non-hydrogen) atoms. The molecular weight excluding hydrogens is 344 g/mol. The van der Waals surface area contributed by atoms with E-state index in [4.69, 9.17) is 0 Å². The Labute approximate surface area is 167 Å². The van der Waals surface area contributed by atoms with Gasteiger partial charge in [-0.1, -0.05) is 43.2 Å². The van der Waals surface area contributed by atoms with Crippen LogP contribution in [0.15, 0.2) is 48.9 Å². The van der Waals surface area contributed by atoms with Gasteiger partial charge < -0.3 is 10.2 Å². The topological polar surface area (TPSA) is 41.1 Å². The largest absolute Gasteiger partial charge is 0.350 e. The first kappa shape index (κ1) is 18.5. The first-order chi connectivity index (χ1) is 13.7. The summed E-state index contributed by atoms with van der Waals surface area (Å²) in [7, 11) is 0. The molecule has 0 radical (unpaired) electrons. The smallest absolute Gasteiger partial charge is 0.160 e. The molecule has 1 aliphatic heterocycles. The van der Waals surface area contributed by atoms with Crippen molar-refractivity contribution in [1.29, 1.82) is 0 Å². The molecule has 2 aromatic carbocycles. The SMILES string of the molecule is CCCc1cc2c(cc1C)N(CCCc1cccc(C)c1)c1ncncc1N2. The van der Waals surface area contributed by atoms with E-state index in [0.717, 1.165) is 49.4 Å². The maximum atomic E-state index is 4.58. The Balaban J connectivity index is 1.61. The molecule has 0 atom stereocenters. The van der Waals surface area contributed by atoms with Gasteiger partial charge in [0.2, 0.25) is 0 Å². The number of hydrogen-bond acceptors (Lipinski definition) is 4. The zero-order chi connectivity index (χ0) is 19.5. The Morgan fingerprint density at radius 3 is 2.75 bits per heavy atom. The Hall–Kier alpha value is -2.88. The van der Waals surface area contributed by atoms with Crippen LogP contribution in [0.5, 0.6) is 0 Å². The third kappa shape index (κ3) is 3.72. The van der Waals surface area contributed by atoms with Crippen LogP contribution in [0, 0.1) is 13.8 Å². The first-order valence-corrected chi connectivity index (χ1v) is 10.2. The van der Waals surface area contributed by atoms with Crippen LogP contribution in [0.2, 0.25) is 0 Å². The van der Waals surface area contributed by atoms with E-state index in [0.29, 0.717) is 0 Å². The van der Waals surface area contributed by atoms with Gasteiger partial charge in [0.1, 0.15) is 12.0 Å². The van der Waals surface area contributed by atoms with Crippen LogP contribution in [0.25, 0.3) is 0 Å². The van der Waals surface area contributed by atoms with Crippen molar-refractivity contribution in [1.82, 2.24) is 9.97 Å². The Morgan fingerprint density at radius 1 is 1.04 bits per heavy atom. The van der Waals surface area contributed by atoms with E-state index in [1.54, 1.807) is 6.33 Å². The number of aromatic nitrogens is 2. The average molecular weight is 373 g/mol. The van der Waals surface area contributed by atoms with Gasteiger partial charge in [0.25, 0.3) is 0 Å². The molecule has 4 rings (SSSR count). The standard InChI is InChI=1S/C24H28N4/c1-4-7-20-14-21-23(13-18(20)3)28(24-22(27-21)15-25-16-26-24)11-6-10-19-9-5-8-17(2)12-19/h5,8-9,12-16,27H,4,6-7,10-11H2,1-3H3. The van der Waals surface area contributed by atoms with Gasteiger partial charge in [-0.2, -0.15) is 0 Å². The van der Waals surface area contributed by atoms with Crippen LogP contribution >= 0.6 is 0 Å². The first-order valence-electron chi connectivity index (χ1n) is 10.2. The molecule has 3 aromatic rings. The van der Waals surface area contributed by atoms with Gasteiger partial charge in [0.05, 0.1) is 17.6 Å². The van der Waals surface area contributed by atoms with E-state index < -0.39 is 0 Å². The van der Waals surface area contributed by atoms with Crippen LogP contribution in [0.4, 0.5) is 22.9 Å². The Bertz CT molecular complexity index is 980. The molecule has 0 unspecified atom stereocenters. The van der Waals surface area contributed by atoms with Crippen molar-refractivity contribution in [3.63, 3.8) is 0 Å². The lowest BCUT2D eigenvalue weighted by molar-refractivity contribution is 0.795. The fourth-order valence-corrected chi connectivity index (χ4v) is 4.02. The zero-order valence-electron chi connectivity index (χ0n) is 17.0. The fourth-order valence-electron chi connectivity index (χ4n) is 4.02. The van der Waals surface area contributed by atoms with Crippen molar-refractivity contribution in [2.24, 2.45) is 0 Å². The number of hydrogen-bond donors (Lipinski definition) is 1. The average Bonchev–Trinajstić information content (AvgIpc) is 2.69. The molecule has 1 N–H and O–H groups in total. The monoisotopic (exact) mass is 372 g/mol. The maximum absolute atomic E-state index is 4.58. The van der Waals surface area contributed by atoms with E-state index in [2.05, 4.69) is 77.4 Å². The molecule has 144 valence electrons. The molecule has 1 aliphatic rings. The molecule has 1 aromatic heterocycles. The quantitative estimate of drug-likeness (QED) is 0.587. The lowest BCUT2D eigenvalue weighted by atomic mass is 10.00. The van der Waals surface area contributed by atoms with E-state index >= 15 is 0 Å². The van der Waals surface area contributed by atoms with Gasteiger partial charge in [0.15, 0.2) is 5.82 Å². The lowest BCUT2D eigenvalue weighted by Crippen LogP contribution is -2.25. The van der Waals surface area contributed by atoms with E-state index in [9.17, 15) is 0 Å². The van der Waals surface area contributed by atoms with Crippen molar-refractivity contribution < 1.29 is 0 Å². The molecule has 2 heterocycles. The summed E-state index contributed by atoms with van der Waals surface area (Å²) >= 11 is 0. The van der Waals surface area contributed by atoms with E-state index in [1.807, 2.05) is 6.20 Å². The highest BCUT2D eigenvalue weighted by atomic mass is 15.3. The van der Waals surface area contributed by atoms with Gasteiger partial charge in [0, 0.05) is 6.54 Å². The minimum absolute atomic E-state index is 0.930. The highest BCUT2D eigenvalue weighted by Crippen LogP contribution is 2.43. The van der Waals surface area contributed by atoms with Crippen molar-refractivity contribution in [2.45, 2.75) is 46.5 Å². The highest BCUT2D eigenvalue weighted by molar-refractivity contribution is 5.90. The summed E-state index contributed by atoms with van der Waals surface area (Å²) in [6.45, 7) is 7.53. The minimum atomic E-state index is 0.930. The summed E-state index contributed by atoms with van der Waals surface area (Å²) < 4.78 is 0. The second-order valence-corrected chi connectivity index (χ2v) is 7.68. The van der Waals surface area contributed by atoms with Gasteiger partial charge in [-0.15, -0.1) is 0 Å². The molecule has 0 fully saturated rings. The normalized spacial score (nSPS) is 12.3. The van der Waals surface area contributed by atoms with Crippen LogP contribution in [-0.4, -0.2) is 16.5 Å². The van der Waals surface area contributed by atoms with Crippen molar-refractivity contribution >= 4 is 22.9 Å². The molecule has 4 heteroatoms. The van der Waals surface area contributed by atoms with Crippen molar-refractivity contribution in [3.8, 4) is 0 Å². The summed E-state index contributed by atoms with van der Waals surface area (Å²) in [5.74, 6) is 0.967. The van der Waals surface area contributed by atoms with Crippen LogP contribution in [-0.2, 0) is 12.8 Å². The van der Waals surface area contributed by atoms with E-state index in [-0.39, 0.29) is 0 Å². The summed E-state index contributed by atoms with van der Waals surface area (Å²) in [5, 5.41) is 3.55. The number of anilines is 4. The third-order valence-corrected chi connectivity index (χ3v) is 5.41. The molecule has 0 aliphatic carbocycles. The van der Waals surface area contributed by atoms with Gasteiger partial charge in [-0.3, -0.25) is 0 Å². The summed E-state index contributed by atoms with van der Waals surface area (Å²) in [4.78, 5) is 11.1.